The van der Waals surface area contributed by atoms with E-state index in [2.05, 4.69) is 4.98 Å². The summed E-state index contributed by atoms with van der Waals surface area (Å²) in [4.78, 5) is 28.0. The molecular formula is C11H16N4O3. The smallest absolute Gasteiger partial charge is 0.340 e. The fourth-order valence-electron chi connectivity index (χ4n) is 1.46. The van der Waals surface area contributed by atoms with Crippen LogP contribution in [-0.4, -0.2) is 37.1 Å². The third kappa shape index (κ3) is 3.09. The van der Waals surface area contributed by atoms with Crippen molar-refractivity contribution in [3.63, 3.8) is 0 Å². The average molecular weight is 252 g/mol. The summed E-state index contributed by atoms with van der Waals surface area (Å²) in [5.74, 6) is -0.717. The van der Waals surface area contributed by atoms with Crippen LogP contribution < -0.4 is 16.4 Å². The zero-order valence-electron chi connectivity index (χ0n) is 10.3. The van der Waals surface area contributed by atoms with Crippen molar-refractivity contribution in [1.29, 1.82) is 0 Å². The van der Waals surface area contributed by atoms with Gasteiger partial charge in [-0.3, -0.25) is 4.79 Å². The number of nitrogen functional groups attached to an aromatic ring is 1. The summed E-state index contributed by atoms with van der Waals surface area (Å²) in [6.45, 7) is 1.92. The molecule has 0 bridgehead atoms. The molecule has 0 saturated carbocycles. The third-order valence-corrected chi connectivity index (χ3v) is 2.22. The van der Waals surface area contributed by atoms with E-state index in [-0.39, 0.29) is 24.4 Å². The van der Waals surface area contributed by atoms with E-state index in [1.54, 1.807) is 14.0 Å². The zero-order chi connectivity index (χ0) is 13.7. The summed E-state index contributed by atoms with van der Waals surface area (Å²) in [5.41, 5.74) is 11.3. The first-order valence-corrected chi connectivity index (χ1v) is 5.38. The van der Waals surface area contributed by atoms with Gasteiger partial charge in [0.1, 0.15) is 0 Å². The number of ether oxygens (including phenoxy) is 1. The van der Waals surface area contributed by atoms with E-state index in [1.807, 2.05) is 0 Å². The topological polar surface area (TPSA) is 112 Å². The van der Waals surface area contributed by atoms with Crippen molar-refractivity contribution in [2.24, 2.45) is 5.73 Å². The van der Waals surface area contributed by atoms with E-state index in [0.717, 1.165) is 0 Å². The number of nitrogens with two attached hydrogens (primary N) is 2. The molecule has 0 unspecified atom stereocenters. The van der Waals surface area contributed by atoms with Crippen molar-refractivity contribution < 1.29 is 14.3 Å². The second-order valence-corrected chi connectivity index (χ2v) is 3.64. The number of rotatable bonds is 5. The van der Waals surface area contributed by atoms with Crippen molar-refractivity contribution in [2.45, 2.75) is 6.92 Å². The lowest BCUT2D eigenvalue weighted by molar-refractivity contribution is -0.116. The largest absolute Gasteiger partial charge is 0.462 e. The average Bonchev–Trinajstić information content (AvgIpc) is 2.28. The Kier molecular flexibility index (Phi) is 4.47. The molecule has 1 heterocycles. The number of esters is 1. The van der Waals surface area contributed by atoms with Gasteiger partial charge in [0.05, 0.1) is 24.4 Å². The first-order valence-electron chi connectivity index (χ1n) is 5.38. The van der Waals surface area contributed by atoms with Gasteiger partial charge in [-0.15, -0.1) is 0 Å². The van der Waals surface area contributed by atoms with Crippen molar-refractivity contribution in [1.82, 2.24) is 4.98 Å². The molecule has 0 aliphatic heterocycles. The van der Waals surface area contributed by atoms with Crippen LogP contribution in [-0.2, 0) is 9.53 Å². The van der Waals surface area contributed by atoms with Crippen LogP contribution >= 0.6 is 0 Å². The second-order valence-electron chi connectivity index (χ2n) is 3.64. The Morgan fingerprint density at radius 3 is 2.72 bits per heavy atom. The predicted molar refractivity (Wildman–Crippen MR) is 67.1 cm³/mol. The fraction of sp³-hybridized carbons (Fsp3) is 0.364. The molecule has 0 aliphatic rings. The monoisotopic (exact) mass is 252 g/mol. The van der Waals surface area contributed by atoms with Crippen molar-refractivity contribution in [3.8, 4) is 0 Å². The number of carbonyl (C=O) groups is 2. The molecule has 98 valence electrons. The highest BCUT2D eigenvalue weighted by Gasteiger charge is 2.17. The Hall–Kier alpha value is -2.31. The Bertz CT molecular complexity index is 462. The van der Waals surface area contributed by atoms with E-state index in [4.69, 9.17) is 16.2 Å². The zero-order valence-corrected chi connectivity index (χ0v) is 10.3. The summed E-state index contributed by atoms with van der Waals surface area (Å²) in [6, 6.07) is 1.47. The van der Waals surface area contributed by atoms with E-state index < -0.39 is 11.9 Å². The molecule has 7 nitrogen and oxygen atoms in total. The lowest BCUT2D eigenvalue weighted by atomic mass is 10.2. The van der Waals surface area contributed by atoms with Crippen LogP contribution in [0.5, 0.6) is 0 Å². The molecule has 7 heteroatoms. The van der Waals surface area contributed by atoms with Gasteiger partial charge in [-0.2, -0.15) is 0 Å². The van der Waals surface area contributed by atoms with E-state index in [1.165, 1.54) is 17.2 Å². The van der Waals surface area contributed by atoms with Crippen LogP contribution in [0.2, 0.25) is 0 Å². The predicted octanol–water partition coefficient (Wildman–Crippen LogP) is -0.238. The lowest BCUT2D eigenvalue weighted by Gasteiger charge is -2.19. The van der Waals surface area contributed by atoms with Gasteiger partial charge < -0.3 is 21.1 Å². The van der Waals surface area contributed by atoms with Gasteiger partial charge in [-0.25, -0.2) is 9.78 Å². The summed E-state index contributed by atoms with van der Waals surface area (Å²) < 4.78 is 4.87. The number of aromatic nitrogens is 1. The van der Waals surface area contributed by atoms with E-state index in [9.17, 15) is 9.59 Å². The van der Waals surface area contributed by atoms with E-state index in [0.29, 0.717) is 5.82 Å². The van der Waals surface area contributed by atoms with Crippen molar-refractivity contribution >= 4 is 23.4 Å². The molecule has 1 aromatic rings. The molecule has 0 aromatic carbocycles. The standard InChI is InChI=1S/C11H16N4O3/c1-3-18-11(17)7-4-5-14-10(9(7)13)15(2)6-8(12)16/h4-5H,3,6,13H2,1-2H3,(H2,12,16). The Balaban J connectivity index is 3.05. The molecule has 1 aromatic heterocycles. The van der Waals surface area contributed by atoms with Gasteiger partial charge in [-0.05, 0) is 13.0 Å². The van der Waals surface area contributed by atoms with Gasteiger partial charge in [0.25, 0.3) is 0 Å². The molecule has 0 spiro atoms. The van der Waals surface area contributed by atoms with Crippen LogP contribution in [0.1, 0.15) is 17.3 Å². The molecule has 0 saturated heterocycles. The van der Waals surface area contributed by atoms with Crippen LogP contribution in [0, 0.1) is 0 Å². The Morgan fingerprint density at radius 2 is 2.17 bits per heavy atom. The molecular weight excluding hydrogens is 236 g/mol. The Labute approximate surface area is 105 Å². The SMILES string of the molecule is CCOC(=O)c1ccnc(N(C)CC(N)=O)c1N. The molecule has 0 radical (unpaired) electrons. The van der Waals surface area contributed by atoms with E-state index >= 15 is 0 Å². The fourth-order valence-corrected chi connectivity index (χ4v) is 1.46. The van der Waals surface area contributed by atoms with Crippen LogP contribution in [0.15, 0.2) is 12.3 Å². The molecule has 1 rings (SSSR count). The summed E-state index contributed by atoms with van der Waals surface area (Å²) in [6.07, 6.45) is 1.43. The number of hydrogen-bond acceptors (Lipinski definition) is 6. The number of hydrogen-bond donors (Lipinski definition) is 2. The first kappa shape index (κ1) is 13.8. The van der Waals surface area contributed by atoms with Crippen molar-refractivity contribution in [2.75, 3.05) is 30.8 Å². The number of pyridine rings is 1. The van der Waals surface area contributed by atoms with Gasteiger partial charge in [0.2, 0.25) is 5.91 Å². The van der Waals surface area contributed by atoms with Gasteiger partial charge in [0.15, 0.2) is 5.82 Å². The highest BCUT2D eigenvalue weighted by atomic mass is 16.5. The minimum Gasteiger partial charge on any atom is -0.462 e. The first-order chi connectivity index (χ1) is 8.47. The summed E-state index contributed by atoms with van der Waals surface area (Å²) in [5, 5.41) is 0. The number of primary amides is 1. The number of carbonyl (C=O) groups excluding carboxylic acids is 2. The molecule has 0 atom stereocenters. The number of amides is 1. The number of nitrogens with zero attached hydrogens (tertiary/aromatic N) is 2. The van der Waals surface area contributed by atoms with Crippen LogP contribution in [0.3, 0.4) is 0 Å². The molecule has 0 aliphatic carbocycles. The summed E-state index contributed by atoms with van der Waals surface area (Å²) in [7, 11) is 1.61. The normalized spacial score (nSPS) is 9.89. The summed E-state index contributed by atoms with van der Waals surface area (Å²) >= 11 is 0. The Morgan fingerprint density at radius 1 is 1.50 bits per heavy atom. The molecule has 1 amide bonds. The number of likely N-dealkylation sites (N-methyl/N-ethyl adjacent to an activating group) is 1. The quantitative estimate of drug-likeness (QED) is 0.700. The molecule has 18 heavy (non-hydrogen) atoms. The third-order valence-electron chi connectivity index (χ3n) is 2.22. The van der Waals surface area contributed by atoms with Gasteiger partial charge in [0, 0.05) is 13.2 Å². The highest BCUT2D eigenvalue weighted by molar-refractivity contribution is 5.98. The second kappa shape index (κ2) is 5.85. The molecule has 0 fully saturated rings. The minimum atomic E-state index is -0.522. The maximum absolute atomic E-state index is 11.6. The van der Waals surface area contributed by atoms with Crippen LogP contribution in [0.4, 0.5) is 11.5 Å². The van der Waals surface area contributed by atoms with Gasteiger partial charge >= 0.3 is 5.97 Å². The van der Waals surface area contributed by atoms with Gasteiger partial charge in [-0.1, -0.05) is 0 Å². The van der Waals surface area contributed by atoms with Crippen molar-refractivity contribution in [3.05, 3.63) is 17.8 Å². The highest BCUT2D eigenvalue weighted by Crippen LogP contribution is 2.23. The van der Waals surface area contributed by atoms with Crippen LogP contribution in [0.25, 0.3) is 0 Å². The number of anilines is 2. The maximum atomic E-state index is 11.6. The minimum absolute atomic E-state index is 0.0382. The lowest BCUT2D eigenvalue weighted by Crippen LogP contribution is -2.31. The molecule has 4 N–H and O–H groups in total. The maximum Gasteiger partial charge on any atom is 0.340 e.